The molecule has 1 aliphatic rings. The first-order chi connectivity index (χ1) is 7.70. The van der Waals surface area contributed by atoms with Crippen molar-refractivity contribution in [1.29, 1.82) is 0 Å². The molecule has 0 bridgehead atoms. The standard InChI is InChI=1S/C12H18N2O2/c1-13(2)12-10(4-3-5-11(12)15)14-6-8-16-9-7-14/h3-5,15H,6-9H2,1-2H3. The van der Waals surface area contributed by atoms with Crippen LogP contribution >= 0.6 is 0 Å². The van der Waals surface area contributed by atoms with Crippen LogP contribution < -0.4 is 9.80 Å². The third-order valence-corrected chi connectivity index (χ3v) is 2.79. The van der Waals surface area contributed by atoms with Crippen LogP contribution in [0, 0.1) is 0 Å². The van der Waals surface area contributed by atoms with Crippen LogP contribution in [0.1, 0.15) is 0 Å². The van der Waals surface area contributed by atoms with E-state index in [4.69, 9.17) is 4.74 Å². The van der Waals surface area contributed by atoms with Crippen LogP contribution in [0.2, 0.25) is 0 Å². The van der Waals surface area contributed by atoms with Gasteiger partial charge in [-0.1, -0.05) is 6.07 Å². The molecular weight excluding hydrogens is 204 g/mol. The molecule has 16 heavy (non-hydrogen) atoms. The maximum Gasteiger partial charge on any atom is 0.141 e. The number of morpholine rings is 1. The SMILES string of the molecule is CN(C)c1c(O)cccc1N1CCOCC1. The highest BCUT2D eigenvalue weighted by Crippen LogP contribution is 2.36. The Bertz CT molecular complexity index is 360. The van der Waals surface area contributed by atoms with Crippen molar-refractivity contribution in [3.05, 3.63) is 18.2 Å². The number of hydrogen-bond donors (Lipinski definition) is 1. The first-order valence-corrected chi connectivity index (χ1v) is 5.52. The number of ether oxygens (including phenoxy) is 1. The van der Waals surface area contributed by atoms with Gasteiger partial charge in [-0.15, -0.1) is 0 Å². The molecule has 1 N–H and O–H groups in total. The second-order valence-electron chi connectivity index (χ2n) is 4.14. The maximum atomic E-state index is 9.89. The summed E-state index contributed by atoms with van der Waals surface area (Å²) >= 11 is 0. The fourth-order valence-electron chi connectivity index (χ4n) is 2.04. The van der Waals surface area contributed by atoms with E-state index in [2.05, 4.69) is 4.90 Å². The topological polar surface area (TPSA) is 35.9 Å². The molecule has 1 heterocycles. The molecule has 1 aromatic carbocycles. The molecule has 2 rings (SSSR count). The fourth-order valence-corrected chi connectivity index (χ4v) is 2.04. The van der Waals surface area contributed by atoms with Crippen molar-refractivity contribution in [1.82, 2.24) is 0 Å². The highest BCUT2D eigenvalue weighted by atomic mass is 16.5. The van der Waals surface area contributed by atoms with Crippen molar-refractivity contribution in [3.8, 4) is 5.75 Å². The third kappa shape index (κ3) is 2.07. The van der Waals surface area contributed by atoms with E-state index < -0.39 is 0 Å². The zero-order valence-electron chi connectivity index (χ0n) is 9.81. The Morgan fingerprint density at radius 1 is 1.25 bits per heavy atom. The predicted molar refractivity (Wildman–Crippen MR) is 65.5 cm³/mol. The molecule has 0 atom stereocenters. The van der Waals surface area contributed by atoms with Gasteiger partial charge in [0.2, 0.25) is 0 Å². The van der Waals surface area contributed by atoms with Gasteiger partial charge in [0.05, 0.1) is 18.9 Å². The minimum absolute atomic E-state index is 0.328. The number of benzene rings is 1. The van der Waals surface area contributed by atoms with Crippen LogP contribution in [0.4, 0.5) is 11.4 Å². The number of anilines is 2. The molecular formula is C12H18N2O2. The van der Waals surface area contributed by atoms with Crippen molar-refractivity contribution in [2.24, 2.45) is 0 Å². The molecule has 1 fully saturated rings. The van der Waals surface area contributed by atoms with Crippen molar-refractivity contribution >= 4 is 11.4 Å². The summed E-state index contributed by atoms with van der Waals surface area (Å²) < 4.78 is 5.33. The smallest absolute Gasteiger partial charge is 0.141 e. The molecule has 0 aliphatic carbocycles. The van der Waals surface area contributed by atoms with Gasteiger partial charge in [0.25, 0.3) is 0 Å². The summed E-state index contributed by atoms with van der Waals surface area (Å²) in [6.07, 6.45) is 0. The van der Waals surface area contributed by atoms with Crippen LogP contribution in [-0.4, -0.2) is 45.5 Å². The molecule has 0 spiro atoms. The monoisotopic (exact) mass is 222 g/mol. The van der Waals surface area contributed by atoms with Crippen LogP contribution in [0.15, 0.2) is 18.2 Å². The summed E-state index contributed by atoms with van der Waals surface area (Å²) in [6.45, 7) is 3.26. The van der Waals surface area contributed by atoms with Crippen molar-refractivity contribution < 1.29 is 9.84 Å². The van der Waals surface area contributed by atoms with E-state index >= 15 is 0 Å². The van der Waals surface area contributed by atoms with Gasteiger partial charge >= 0.3 is 0 Å². The minimum atomic E-state index is 0.328. The highest BCUT2D eigenvalue weighted by molar-refractivity contribution is 5.77. The lowest BCUT2D eigenvalue weighted by molar-refractivity contribution is 0.122. The third-order valence-electron chi connectivity index (χ3n) is 2.79. The van der Waals surface area contributed by atoms with Gasteiger partial charge in [-0.25, -0.2) is 0 Å². The number of phenols is 1. The van der Waals surface area contributed by atoms with Gasteiger partial charge in [0.15, 0.2) is 0 Å². The van der Waals surface area contributed by atoms with E-state index in [-0.39, 0.29) is 0 Å². The molecule has 88 valence electrons. The molecule has 0 aromatic heterocycles. The van der Waals surface area contributed by atoms with Crippen LogP contribution in [0.3, 0.4) is 0 Å². The van der Waals surface area contributed by atoms with Crippen LogP contribution in [0.25, 0.3) is 0 Å². The average molecular weight is 222 g/mol. The van der Waals surface area contributed by atoms with Gasteiger partial charge in [0.1, 0.15) is 11.4 Å². The molecule has 1 aliphatic heterocycles. The molecule has 4 nitrogen and oxygen atoms in total. The molecule has 0 amide bonds. The Labute approximate surface area is 96.0 Å². The number of aromatic hydroxyl groups is 1. The lowest BCUT2D eigenvalue weighted by Gasteiger charge is -2.32. The van der Waals surface area contributed by atoms with Crippen molar-refractivity contribution in [3.63, 3.8) is 0 Å². The second kappa shape index (κ2) is 4.61. The van der Waals surface area contributed by atoms with Crippen molar-refractivity contribution in [2.75, 3.05) is 50.2 Å². The Morgan fingerprint density at radius 2 is 1.94 bits per heavy atom. The van der Waals surface area contributed by atoms with E-state index in [1.54, 1.807) is 6.07 Å². The second-order valence-corrected chi connectivity index (χ2v) is 4.14. The molecule has 0 saturated carbocycles. The number of nitrogens with zero attached hydrogens (tertiary/aromatic N) is 2. The van der Waals surface area contributed by atoms with Gasteiger partial charge in [0, 0.05) is 27.2 Å². The van der Waals surface area contributed by atoms with E-state index in [0.717, 1.165) is 37.7 Å². The van der Waals surface area contributed by atoms with Crippen molar-refractivity contribution in [2.45, 2.75) is 0 Å². The highest BCUT2D eigenvalue weighted by Gasteiger charge is 2.17. The number of para-hydroxylation sites is 1. The normalized spacial score (nSPS) is 16.2. The summed E-state index contributed by atoms with van der Waals surface area (Å²) in [5, 5.41) is 9.89. The molecule has 0 radical (unpaired) electrons. The number of phenolic OH excluding ortho intramolecular Hbond substituents is 1. The molecule has 0 unspecified atom stereocenters. The van der Waals surface area contributed by atoms with Gasteiger partial charge < -0.3 is 19.6 Å². The lowest BCUT2D eigenvalue weighted by atomic mass is 10.2. The van der Waals surface area contributed by atoms with E-state index in [0.29, 0.717) is 5.75 Å². The largest absolute Gasteiger partial charge is 0.506 e. The van der Waals surface area contributed by atoms with Gasteiger partial charge in [-0.3, -0.25) is 0 Å². The van der Waals surface area contributed by atoms with Gasteiger partial charge in [-0.2, -0.15) is 0 Å². The first-order valence-electron chi connectivity index (χ1n) is 5.52. The zero-order chi connectivity index (χ0) is 11.5. The predicted octanol–water partition coefficient (Wildman–Crippen LogP) is 1.29. The Morgan fingerprint density at radius 3 is 2.56 bits per heavy atom. The Hall–Kier alpha value is -1.42. The lowest BCUT2D eigenvalue weighted by Crippen LogP contribution is -2.37. The first kappa shape index (κ1) is 11.1. The number of hydrogen-bond acceptors (Lipinski definition) is 4. The summed E-state index contributed by atoms with van der Waals surface area (Å²) in [7, 11) is 3.89. The van der Waals surface area contributed by atoms with E-state index in [9.17, 15) is 5.11 Å². The average Bonchev–Trinajstić information content (AvgIpc) is 2.29. The Balaban J connectivity index is 2.34. The number of rotatable bonds is 2. The summed E-state index contributed by atoms with van der Waals surface area (Å²) in [4.78, 5) is 4.19. The Kier molecular flexibility index (Phi) is 3.19. The maximum absolute atomic E-state index is 9.89. The van der Waals surface area contributed by atoms with Crippen LogP contribution in [0.5, 0.6) is 5.75 Å². The summed E-state index contributed by atoms with van der Waals surface area (Å²) in [5.74, 6) is 0.328. The fraction of sp³-hybridized carbons (Fsp3) is 0.500. The van der Waals surface area contributed by atoms with Crippen LogP contribution in [-0.2, 0) is 4.74 Å². The minimum Gasteiger partial charge on any atom is -0.506 e. The van der Waals surface area contributed by atoms with Gasteiger partial charge in [-0.05, 0) is 12.1 Å². The summed E-state index contributed by atoms with van der Waals surface area (Å²) in [6, 6.07) is 5.65. The van der Waals surface area contributed by atoms with E-state index in [1.807, 2.05) is 31.1 Å². The zero-order valence-corrected chi connectivity index (χ0v) is 9.81. The summed E-state index contributed by atoms with van der Waals surface area (Å²) in [5.41, 5.74) is 1.96. The molecule has 1 saturated heterocycles. The molecule has 1 aromatic rings. The quantitative estimate of drug-likeness (QED) is 0.818. The van der Waals surface area contributed by atoms with E-state index in [1.165, 1.54) is 0 Å². The molecule has 4 heteroatoms.